The number of aryl methyl sites for hydroxylation is 2. The number of nitrogens with zero attached hydrogens (tertiary/aromatic N) is 2. The van der Waals surface area contributed by atoms with E-state index in [2.05, 4.69) is 72.8 Å². The van der Waals surface area contributed by atoms with Crippen molar-refractivity contribution in [1.82, 2.24) is 9.13 Å². The number of nitrogen functional groups attached to an aromatic ring is 1. The minimum Gasteiger partial charge on any atom is -1.00 e. The van der Waals surface area contributed by atoms with Crippen molar-refractivity contribution in [3.63, 3.8) is 0 Å². The van der Waals surface area contributed by atoms with Crippen molar-refractivity contribution < 1.29 is 48.3 Å². The van der Waals surface area contributed by atoms with E-state index in [4.69, 9.17) is 17.3 Å². The number of nitrogens with one attached hydrogen (secondary N) is 1. The molecule has 0 spiro atoms. The minimum absolute atomic E-state index is 0. The summed E-state index contributed by atoms with van der Waals surface area (Å²) in [5.74, 6) is -0.0612. The van der Waals surface area contributed by atoms with Gasteiger partial charge >= 0.3 is 12.4 Å². The molecule has 2 heterocycles. The summed E-state index contributed by atoms with van der Waals surface area (Å²) in [6.07, 6.45) is -3.09. The molecule has 0 unspecified atom stereocenters. The topological polar surface area (TPSA) is 82.0 Å². The van der Waals surface area contributed by atoms with Gasteiger partial charge in [-0.2, -0.15) is 26.3 Å². The number of nitrogens with two attached hydrogens (primary N) is 1. The zero-order chi connectivity index (χ0) is 40.7. The van der Waals surface area contributed by atoms with Crippen LogP contribution in [0.5, 0.6) is 0 Å². The van der Waals surface area contributed by atoms with E-state index in [1.807, 2.05) is 24.3 Å². The van der Waals surface area contributed by atoms with Crippen molar-refractivity contribution in [3.05, 3.63) is 107 Å². The molecule has 1 amide bonds. The maximum Gasteiger partial charge on any atom is 0.418 e. The van der Waals surface area contributed by atoms with Gasteiger partial charge in [-0.05, 0) is 70.4 Å². The van der Waals surface area contributed by atoms with E-state index >= 15 is 0 Å². The first-order valence-electron chi connectivity index (χ1n) is 17.0. The highest BCUT2D eigenvalue weighted by atomic mass is 35.5. The van der Waals surface area contributed by atoms with E-state index < -0.39 is 40.2 Å². The Labute approximate surface area is 325 Å². The molecule has 0 saturated heterocycles. The lowest BCUT2D eigenvalue weighted by Crippen LogP contribution is -3.00. The van der Waals surface area contributed by atoms with Gasteiger partial charge in [0.15, 0.2) is 0 Å². The molecule has 2 aromatic carbocycles. The standard InChI is InChI=1S/C20H25F3N2O.C13H21N.C7H5ClF3NO.ClH/c1-13(10-19(2,3)4)14-8-6-7-9-17(14)24-18(26)15-11-25(5)12-16(15)20(21,22)23;1-10(9-13(2,3)4)11-7-5-6-8-12(11)14;1-12-2-4(6(8)13)5(3-12)7(9,10)11;/h6-9,11-13H,10H2,1-5H3,(H,24,26);5-8,10H,9,14H2,1-4H3;2-3H,1H3;1H/p-1/t13-;10-;;/m00../s1. The number of carbonyl (C=O) groups is 2. The fourth-order valence-corrected chi connectivity index (χ4v) is 6.35. The van der Waals surface area contributed by atoms with Crippen LogP contribution in [-0.4, -0.2) is 20.3 Å². The summed E-state index contributed by atoms with van der Waals surface area (Å²) < 4.78 is 78.5. The number of rotatable bonds is 7. The van der Waals surface area contributed by atoms with Gasteiger partial charge in [-0.25, -0.2) is 0 Å². The Hall–Kier alpha value is -3.90. The number of halogens is 8. The van der Waals surface area contributed by atoms with Crippen molar-refractivity contribution in [2.75, 3.05) is 11.1 Å². The molecule has 2 atom stereocenters. The van der Waals surface area contributed by atoms with Gasteiger partial charge in [0.2, 0.25) is 0 Å². The molecule has 2 aromatic heterocycles. The molecular weight excluding hydrogens is 753 g/mol. The Morgan fingerprint density at radius 3 is 1.48 bits per heavy atom. The van der Waals surface area contributed by atoms with Crippen molar-refractivity contribution in [2.24, 2.45) is 24.9 Å². The Bertz CT molecular complexity index is 1830. The average Bonchev–Trinajstić information content (AvgIpc) is 3.60. The largest absolute Gasteiger partial charge is 1.00 e. The van der Waals surface area contributed by atoms with Gasteiger partial charge in [-0.15, -0.1) is 0 Å². The Kier molecular flexibility index (Phi) is 17.0. The minimum atomic E-state index is -4.58. The summed E-state index contributed by atoms with van der Waals surface area (Å²) in [6, 6.07) is 15.4. The third-order valence-electron chi connectivity index (χ3n) is 8.08. The summed E-state index contributed by atoms with van der Waals surface area (Å²) in [7, 11) is 2.85. The number of carbonyl (C=O) groups excluding carboxylic acids is 2. The maximum absolute atomic E-state index is 13.2. The van der Waals surface area contributed by atoms with Crippen LogP contribution in [0.4, 0.5) is 37.7 Å². The number of benzene rings is 2. The SMILES string of the molecule is C[C@@H](CC(C)(C)C)c1ccccc1N.C[C@@H](CC(C)(C)C)c1ccccc1NC(=O)c1cn(C)cc1C(F)(F)F.Cn1cc(C(=O)Cl)c(C(F)(F)F)c1.[Cl-]. The molecule has 300 valence electrons. The molecule has 0 aliphatic heterocycles. The number of hydrogen-bond donors (Lipinski definition) is 2. The number of aromatic nitrogens is 2. The van der Waals surface area contributed by atoms with Gasteiger partial charge in [0.25, 0.3) is 11.1 Å². The number of amides is 1. The second-order valence-corrected chi connectivity index (χ2v) is 16.1. The third kappa shape index (κ3) is 15.1. The van der Waals surface area contributed by atoms with E-state index in [1.165, 1.54) is 36.8 Å². The van der Waals surface area contributed by atoms with Crippen LogP contribution in [0.1, 0.15) is 123 Å². The lowest BCUT2D eigenvalue weighted by molar-refractivity contribution is -0.138. The Balaban J connectivity index is 0.000000440. The smallest absolute Gasteiger partial charge is 0.418 e. The second kappa shape index (κ2) is 19.1. The summed E-state index contributed by atoms with van der Waals surface area (Å²) in [6.45, 7) is 17.5. The van der Waals surface area contributed by atoms with Gasteiger partial charge in [-0.3, -0.25) is 9.59 Å². The Morgan fingerprint density at radius 1 is 0.685 bits per heavy atom. The highest BCUT2D eigenvalue weighted by molar-refractivity contribution is 6.67. The second-order valence-electron chi connectivity index (χ2n) is 15.8. The van der Waals surface area contributed by atoms with E-state index in [-0.39, 0.29) is 29.3 Å². The van der Waals surface area contributed by atoms with Crippen molar-refractivity contribution >= 4 is 34.1 Å². The lowest BCUT2D eigenvalue weighted by Gasteiger charge is -2.25. The van der Waals surface area contributed by atoms with Crippen molar-refractivity contribution in [2.45, 2.75) is 92.4 Å². The van der Waals surface area contributed by atoms with Crippen LogP contribution >= 0.6 is 11.6 Å². The zero-order valence-corrected chi connectivity index (χ0v) is 33.8. The molecule has 4 rings (SSSR count). The fourth-order valence-electron chi connectivity index (χ4n) is 6.20. The summed E-state index contributed by atoms with van der Waals surface area (Å²) >= 11 is 4.98. The summed E-state index contributed by atoms with van der Waals surface area (Å²) in [5.41, 5.74) is 7.23. The lowest BCUT2D eigenvalue weighted by atomic mass is 9.82. The first-order chi connectivity index (χ1) is 24.1. The van der Waals surface area contributed by atoms with Crippen LogP contribution in [0.25, 0.3) is 0 Å². The molecular formula is C40H51Cl2F6N4O2-. The van der Waals surface area contributed by atoms with Crippen LogP contribution in [0.2, 0.25) is 0 Å². The summed E-state index contributed by atoms with van der Waals surface area (Å²) in [5, 5.41) is 1.56. The molecule has 0 radical (unpaired) electrons. The van der Waals surface area contributed by atoms with E-state index in [1.54, 1.807) is 12.1 Å². The maximum atomic E-state index is 13.2. The molecule has 54 heavy (non-hydrogen) atoms. The van der Waals surface area contributed by atoms with Gasteiger partial charge in [0.1, 0.15) is 0 Å². The number of para-hydroxylation sites is 2. The van der Waals surface area contributed by atoms with Crippen LogP contribution in [-0.2, 0) is 26.4 Å². The number of hydrogen-bond acceptors (Lipinski definition) is 3. The van der Waals surface area contributed by atoms with E-state index in [0.29, 0.717) is 17.0 Å². The molecule has 0 bridgehead atoms. The molecule has 6 nitrogen and oxygen atoms in total. The van der Waals surface area contributed by atoms with Gasteiger partial charge in [0.05, 0.1) is 22.3 Å². The quantitative estimate of drug-likeness (QED) is 0.111. The van der Waals surface area contributed by atoms with Crippen molar-refractivity contribution in [1.29, 1.82) is 0 Å². The third-order valence-corrected chi connectivity index (χ3v) is 8.29. The first-order valence-corrected chi connectivity index (χ1v) is 17.4. The molecule has 0 aliphatic rings. The fraction of sp³-hybridized carbons (Fsp3) is 0.450. The van der Waals surface area contributed by atoms with Gasteiger partial charge < -0.3 is 32.6 Å². The number of alkyl halides is 6. The highest BCUT2D eigenvalue weighted by Crippen LogP contribution is 2.37. The molecule has 14 heteroatoms. The summed E-state index contributed by atoms with van der Waals surface area (Å²) in [4.78, 5) is 23.1. The van der Waals surface area contributed by atoms with Crippen molar-refractivity contribution in [3.8, 4) is 0 Å². The van der Waals surface area contributed by atoms with Gasteiger partial charge in [-0.1, -0.05) is 91.8 Å². The molecule has 0 fully saturated rings. The van der Waals surface area contributed by atoms with Crippen LogP contribution < -0.4 is 23.5 Å². The van der Waals surface area contributed by atoms with E-state index in [0.717, 1.165) is 40.8 Å². The molecule has 4 aromatic rings. The normalized spacial score (nSPS) is 13.0. The molecule has 0 saturated carbocycles. The molecule has 0 aliphatic carbocycles. The van der Waals surface area contributed by atoms with Crippen LogP contribution in [0.3, 0.4) is 0 Å². The first kappa shape index (κ1) is 48.1. The molecule has 3 N–H and O–H groups in total. The predicted molar refractivity (Wildman–Crippen MR) is 201 cm³/mol. The average molecular weight is 805 g/mol. The number of anilines is 2. The van der Waals surface area contributed by atoms with E-state index in [9.17, 15) is 35.9 Å². The Morgan fingerprint density at radius 2 is 1.07 bits per heavy atom. The monoisotopic (exact) mass is 803 g/mol. The van der Waals surface area contributed by atoms with Crippen LogP contribution in [0, 0.1) is 10.8 Å². The zero-order valence-electron chi connectivity index (χ0n) is 32.3. The van der Waals surface area contributed by atoms with Gasteiger partial charge in [0, 0.05) is 50.3 Å². The predicted octanol–water partition coefficient (Wildman–Crippen LogP) is 9.07. The van der Waals surface area contributed by atoms with Crippen LogP contribution in [0.15, 0.2) is 73.3 Å². The highest BCUT2D eigenvalue weighted by Gasteiger charge is 2.37.